The third kappa shape index (κ3) is 2.76. The molecule has 0 aromatic rings. The van der Waals surface area contributed by atoms with Crippen molar-refractivity contribution in [2.24, 2.45) is 0 Å². The summed E-state index contributed by atoms with van der Waals surface area (Å²) in [5, 5.41) is 8.50. The summed E-state index contributed by atoms with van der Waals surface area (Å²) in [4.78, 5) is 12.5. The van der Waals surface area contributed by atoms with Gasteiger partial charge in [-0.3, -0.25) is 0 Å². The second-order valence-corrected chi connectivity index (χ2v) is 3.73. The summed E-state index contributed by atoms with van der Waals surface area (Å²) in [5.41, 5.74) is 0. The van der Waals surface area contributed by atoms with Crippen LogP contribution < -0.4 is 0 Å². The molecule has 3 heteroatoms. The van der Waals surface area contributed by atoms with Gasteiger partial charge in [0.2, 0.25) is 0 Å². The largest absolute Gasteiger partial charge is 0.478 e. The highest BCUT2D eigenvalue weighted by molar-refractivity contribution is 5.79. The molecule has 3 nitrogen and oxygen atoms in total. The molecular formula is C10H17NO2. The normalized spacial score (nSPS) is 29.5. The molecule has 0 radical (unpaired) electrons. The van der Waals surface area contributed by atoms with Crippen molar-refractivity contribution in [2.45, 2.75) is 45.2 Å². The molecule has 0 aromatic carbocycles. The first-order valence-corrected chi connectivity index (χ1v) is 4.80. The highest BCUT2D eigenvalue weighted by Gasteiger charge is 2.21. The van der Waals surface area contributed by atoms with E-state index in [2.05, 4.69) is 18.7 Å². The number of hydrogen-bond acceptors (Lipinski definition) is 2. The minimum absolute atomic E-state index is 0.472. The first-order chi connectivity index (χ1) is 6.11. The monoisotopic (exact) mass is 183 g/mol. The van der Waals surface area contributed by atoms with Gasteiger partial charge >= 0.3 is 5.97 Å². The van der Waals surface area contributed by atoms with Crippen molar-refractivity contribution in [3.63, 3.8) is 0 Å². The minimum Gasteiger partial charge on any atom is -0.478 e. The Morgan fingerprint density at radius 2 is 1.92 bits per heavy atom. The van der Waals surface area contributed by atoms with E-state index in [4.69, 9.17) is 5.11 Å². The predicted octanol–water partition coefficient (Wildman–Crippen LogP) is 1.85. The quantitative estimate of drug-likeness (QED) is 0.664. The molecule has 1 saturated heterocycles. The van der Waals surface area contributed by atoms with Gasteiger partial charge in [-0.25, -0.2) is 4.79 Å². The molecule has 0 unspecified atom stereocenters. The zero-order chi connectivity index (χ0) is 9.84. The summed E-state index contributed by atoms with van der Waals surface area (Å²) in [6, 6.07) is 0.943. The average Bonchev–Trinajstić information content (AvgIpc) is 2.03. The first kappa shape index (κ1) is 10.1. The fraction of sp³-hybridized carbons (Fsp3) is 0.700. The minimum atomic E-state index is -0.870. The molecule has 1 N–H and O–H groups in total. The Kier molecular flexibility index (Phi) is 3.34. The third-order valence-electron chi connectivity index (χ3n) is 2.65. The fourth-order valence-electron chi connectivity index (χ4n) is 1.88. The maximum atomic E-state index is 10.3. The summed E-state index contributed by atoms with van der Waals surface area (Å²) in [5.74, 6) is -0.870. The molecule has 1 fully saturated rings. The number of rotatable bonds is 2. The number of carboxylic acids is 1. The lowest BCUT2D eigenvalue weighted by molar-refractivity contribution is -0.131. The van der Waals surface area contributed by atoms with Crippen molar-refractivity contribution in [2.75, 3.05) is 0 Å². The van der Waals surface area contributed by atoms with Crippen molar-refractivity contribution in [3.05, 3.63) is 12.3 Å². The Labute approximate surface area is 79.0 Å². The highest BCUT2D eigenvalue weighted by atomic mass is 16.4. The van der Waals surface area contributed by atoms with Gasteiger partial charge in [-0.2, -0.15) is 0 Å². The smallest absolute Gasteiger partial charge is 0.329 e. The molecule has 0 aliphatic carbocycles. The van der Waals surface area contributed by atoms with Crippen LogP contribution in [0.2, 0.25) is 0 Å². The molecule has 0 aromatic heterocycles. The van der Waals surface area contributed by atoms with Crippen LogP contribution in [0.1, 0.15) is 33.1 Å². The molecule has 0 saturated carbocycles. The van der Waals surface area contributed by atoms with Crippen LogP contribution in [-0.2, 0) is 4.79 Å². The van der Waals surface area contributed by atoms with E-state index in [1.807, 2.05) is 0 Å². The number of aliphatic carboxylic acids is 1. The van der Waals surface area contributed by atoms with Crippen LogP contribution in [0.25, 0.3) is 0 Å². The van der Waals surface area contributed by atoms with E-state index >= 15 is 0 Å². The zero-order valence-electron chi connectivity index (χ0n) is 8.23. The number of nitrogens with zero attached hydrogens (tertiary/aromatic N) is 1. The SMILES string of the molecule is C[C@@H]1CCC[C@H](C)N1/C=C/C(=O)O. The van der Waals surface area contributed by atoms with Crippen LogP contribution in [0, 0.1) is 0 Å². The maximum Gasteiger partial charge on any atom is 0.329 e. The lowest BCUT2D eigenvalue weighted by Gasteiger charge is -2.38. The van der Waals surface area contributed by atoms with E-state index < -0.39 is 5.97 Å². The van der Waals surface area contributed by atoms with Gasteiger partial charge in [-0.1, -0.05) is 0 Å². The van der Waals surface area contributed by atoms with Crippen LogP contribution in [0.5, 0.6) is 0 Å². The van der Waals surface area contributed by atoms with Gasteiger partial charge in [-0.05, 0) is 33.1 Å². The standard InChI is InChI=1S/C10H17NO2/c1-8-4-3-5-9(2)11(8)7-6-10(12)13/h6-9H,3-5H2,1-2H3,(H,12,13)/b7-6+/t8-,9+. The summed E-state index contributed by atoms with van der Waals surface area (Å²) in [6.45, 7) is 4.28. The summed E-state index contributed by atoms with van der Waals surface area (Å²) in [7, 11) is 0. The first-order valence-electron chi connectivity index (χ1n) is 4.80. The van der Waals surface area contributed by atoms with Crippen LogP contribution in [0.15, 0.2) is 12.3 Å². The molecule has 0 bridgehead atoms. The van der Waals surface area contributed by atoms with E-state index in [1.54, 1.807) is 6.20 Å². The molecule has 74 valence electrons. The highest BCUT2D eigenvalue weighted by Crippen LogP contribution is 2.22. The number of carboxylic acid groups (broad SMARTS) is 1. The predicted molar refractivity (Wildman–Crippen MR) is 51.4 cm³/mol. The molecule has 1 rings (SSSR count). The molecule has 0 spiro atoms. The van der Waals surface area contributed by atoms with Gasteiger partial charge in [0.05, 0.1) is 0 Å². The van der Waals surface area contributed by atoms with Gasteiger partial charge in [0.1, 0.15) is 0 Å². The zero-order valence-corrected chi connectivity index (χ0v) is 8.23. The Morgan fingerprint density at radius 3 is 2.38 bits per heavy atom. The fourth-order valence-corrected chi connectivity index (χ4v) is 1.88. The third-order valence-corrected chi connectivity index (χ3v) is 2.65. The van der Waals surface area contributed by atoms with Crippen molar-refractivity contribution >= 4 is 5.97 Å². The van der Waals surface area contributed by atoms with E-state index in [1.165, 1.54) is 12.5 Å². The Bertz CT molecular complexity index is 203. The van der Waals surface area contributed by atoms with Gasteiger partial charge in [0.15, 0.2) is 0 Å². The molecule has 0 amide bonds. The Hall–Kier alpha value is -0.990. The molecule has 13 heavy (non-hydrogen) atoms. The number of hydrogen-bond donors (Lipinski definition) is 1. The van der Waals surface area contributed by atoms with E-state index in [0.29, 0.717) is 12.1 Å². The lowest BCUT2D eigenvalue weighted by atomic mass is 9.98. The number of carbonyl (C=O) groups is 1. The van der Waals surface area contributed by atoms with Crippen molar-refractivity contribution in [3.8, 4) is 0 Å². The molecular weight excluding hydrogens is 166 g/mol. The van der Waals surface area contributed by atoms with E-state index in [0.717, 1.165) is 12.8 Å². The number of likely N-dealkylation sites (tertiary alicyclic amines) is 1. The summed E-state index contributed by atoms with van der Waals surface area (Å²) in [6.07, 6.45) is 6.50. The second-order valence-electron chi connectivity index (χ2n) is 3.73. The van der Waals surface area contributed by atoms with Crippen LogP contribution in [0.3, 0.4) is 0 Å². The van der Waals surface area contributed by atoms with Crippen LogP contribution >= 0.6 is 0 Å². The van der Waals surface area contributed by atoms with Gasteiger partial charge in [0.25, 0.3) is 0 Å². The van der Waals surface area contributed by atoms with Gasteiger partial charge in [-0.15, -0.1) is 0 Å². The number of piperidine rings is 1. The topological polar surface area (TPSA) is 40.5 Å². The molecule has 2 atom stereocenters. The van der Waals surface area contributed by atoms with Gasteiger partial charge in [0, 0.05) is 24.4 Å². The average molecular weight is 183 g/mol. The Morgan fingerprint density at radius 1 is 1.38 bits per heavy atom. The van der Waals surface area contributed by atoms with Crippen molar-refractivity contribution in [1.29, 1.82) is 0 Å². The molecule has 1 aliphatic heterocycles. The second kappa shape index (κ2) is 4.30. The van der Waals surface area contributed by atoms with Crippen LogP contribution in [0.4, 0.5) is 0 Å². The summed E-state index contributed by atoms with van der Waals surface area (Å²) >= 11 is 0. The lowest BCUT2D eigenvalue weighted by Crippen LogP contribution is -2.39. The molecule has 1 heterocycles. The van der Waals surface area contributed by atoms with E-state index in [9.17, 15) is 4.79 Å². The van der Waals surface area contributed by atoms with Crippen LogP contribution in [-0.4, -0.2) is 28.1 Å². The molecule has 1 aliphatic rings. The Balaban J connectivity index is 2.58. The van der Waals surface area contributed by atoms with Gasteiger partial charge < -0.3 is 10.0 Å². The van der Waals surface area contributed by atoms with E-state index in [-0.39, 0.29) is 0 Å². The summed E-state index contributed by atoms with van der Waals surface area (Å²) < 4.78 is 0. The maximum absolute atomic E-state index is 10.3. The van der Waals surface area contributed by atoms with Crippen molar-refractivity contribution < 1.29 is 9.90 Å². The van der Waals surface area contributed by atoms with Crippen molar-refractivity contribution in [1.82, 2.24) is 4.90 Å².